The normalized spacial score (nSPS) is 16.2. The zero-order chi connectivity index (χ0) is 10.9. The summed E-state index contributed by atoms with van der Waals surface area (Å²) in [4.78, 5) is 5.61. The molecule has 0 aromatic carbocycles. The van der Waals surface area contributed by atoms with Crippen LogP contribution in [0, 0.1) is 0 Å². The molecule has 1 aliphatic rings. The monoisotopic (exact) mass is 215 g/mol. The van der Waals surface area contributed by atoms with Gasteiger partial charge in [-0.1, -0.05) is 0 Å². The van der Waals surface area contributed by atoms with Crippen LogP contribution in [0.2, 0.25) is 0 Å². The summed E-state index contributed by atoms with van der Waals surface area (Å²) in [7, 11) is 0. The van der Waals surface area contributed by atoms with Gasteiger partial charge in [-0.25, -0.2) is 0 Å². The topological polar surface area (TPSA) is 19.4 Å². The van der Waals surface area contributed by atoms with Crippen LogP contribution in [0.25, 0.3) is 0 Å². The van der Waals surface area contributed by atoms with E-state index >= 15 is 0 Å². The fraction of sp³-hybridized carbons (Fsp3) is 0.222. The second kappa shape index (κ2) is 3.45. The Labute approximate surface area is 84.4 Å². The lowest BCUT2D eigenvalue weighted by Gasteiger charge is -2.22. The number of anilines is 1. The van der Waals surface area contributed by atoms with Crippen molar-refractivity contribution in [2.45, 2.75) is 6.30 Å². The van der Waals surface area contributed by atoms with Crippen molar-refractivity contribution in [2.75, 3.05) is 11.6 Å². The zero-order valence-electron chi connectivity index (χ0n) is 7.65. The summed E-state index contributed by atoms with van der Waals surface area (Å²) < 4.78 is 36.9. The van der Waals surface area contributed by atoms with Gasteiger partial charge >= 0.3 is 6.30 Å². The second-order valence-electron chi connectivity index (χ2n) is 3.05. The summed E-state index contributed by atoms with van der Waals surface area (Å²) in [5, 5.41) is 0. The van der Waals surface area contributed by atoms with E-state index in [0.29, 0.717) is 10.6 Å². The Kier molecular flexibility index (Phi) is 2.26. The van der Waals surface area contributed by atoms with Crippen molar-refractivity contribution in [2.24, 2.45) is 0 Å². The van der Waals surface area contributed by atoms with Gasteiger partial charge in [-0.15, -0.1) is 0 Å². The van der Waals surface area contributed by atoms with Crippen molar-refractivity contribution in [1.29, 1.82) is 0 Å². The third-order valence-electron chi connectivity index (χ3n) is 2.05. The van der Waals surface area contributed by atoms with Gasteiger partial charge in [0.05, 0.1) is 0 Å². The van der Waals surface area contributed by atoms with Crippen LogP contribution in [0.15, 0.2) is 36.9 Å². The third-order valence-corrected chi connectivity index (χ3v) is 2.05. The first-order chi connectivity index (χ1) is 7.07. The standard InChI is InChI=1S/C9H8F3N3/c10-9(11,12)15-6-5-14(7-15)8-1-3-13-4-2-8/h1-6H,7H2. The van der Waals surface area contributed by atoms with Crippen LogP contribution in [0.1, 0.15) is 0 Å². The van der Waals surface area contributed by atoms with Gasteiger partial charge in [-0.2, -0.15) is 13.2 Å². The molecule has 1 aromatic rings. The minimum atomic E-state index is -4.32. The smallest absolute Gasteiger partial charge is 0.328 e. The Morgan fingerprint density at radius 1 is 1.13 bits per heavy atom. The lowest BCUT2D eigenvalue weighted by molar-refractivity contribution is -0.224. The van der Waals surface area contributed by atoms with Crippen molar-refractivity contribution in [3.63, 3.8) is 0 Å². The number of pyridine rings is 1. The third kappa shape index (κ3) is 2.03. The van der Waals surface area contributed by atoms with Gasteiger partial charge in [0, 0.05) is 30.5 Å². The molecule has 80 valence electrons. The largest absolute Gasteiger partial charge is 0.485 e. The minimum absolute atomic E-state index is 0.215. The summed E-state index contributed by atoms with van der Waals surface area (Å²) in [6, 6.07) is 3.31. The lowest BCUT2D eigenvalue weighted by Crippen LogP contribution is -2.36. The molecule has 2 heterocycles. The zero-order valence-corrected chi connectivity index (χ0v) is 7.65. The predicted molar refractivity (Wildman–Crippen MR) is 48.6 cm³/mol. The number of alkyl halides is 3. The van der Waals surface area contributed by atoms with Crippen molar-refractivity contribution in [1.82, 2.24) is 9.88 Å². The molecule has 0 aliphatic carbocycles. The molecule has 0 radical (unpaired) electrons. The van der Waals surface area contributed by atoms with Crippen molar-refractivity contribution in [3.8, 4) is 0 Å². The highest BCUT2D eigenvalue weighted by Crippen LogP contribution is 2.27. The Balaban J connectivity index is 2.10. The number of halogens is 3. The number of rotatable bonds is 1. The SMILES string of the molecule is FC(F)(F)N1C=CN(c2ccncc2)C1. The number of nitrogens with zero attached hydrogens (tertiary/aromatic N) is 3. The highest BCUT2D eigenvalue weighted by atomic mass is 19.4. The number of hydrogen-bond acceptors (Lipinski definition) is 3. The average molecular weight is 215 g/mol. The van der Waals surface area contributed by atoms with E-state index in [1.165, 1.54) is 11.1 Å². The van der Waals surface area contributed by atoms with Crippen LogP contribution in [-0.2, 0) is 0 Å². The van der Waals surface area contributed by atoms with Crippen LogP contribution < -0.4 is 4.90 Å². The van der Waals surface area contributed by atoms with Crippen LogP contribution >= 0.6 is 0 Å². The van der Waals surface area contributed by atoms with Crippen molar-refractivity contribution >= 4 is 5.69 Å². The quantitative estimate of drug-likeness (QED) is 0.669. The van der Waals surface area contributed by atoms with Gasteiger partial charge in [0.2, 0.25) is 0 Å². The maximum atomic E-state index is 12.3. The van der Waals surface area contributed by atoms with Gasteiger partial charge in [0.1, 0.15) is 6.67 Å². The van der Waals surface area contributed by atoms with Crippen LogP contribution in [0.4, 0.5) is 18.9 Å². The summed E-state index contributed by atoms with van der Waals surface area (Å²) in [5.74, 6) is 0. The van der Waals surface area contributed by atoms with Crippen LogP contribution in [0.5, 0.6) is 0 Å². The molecule has 1 aliphatic heterocycles. The average Bonchev–Trinajstić information content (AvgIpc) is 2.67. The molecule has 0 saturated carbocycles. The second-order valence-corrected chi connectivity index (χ2v) is 3.05. The van der Waals surface area contributed by atoms with Crippen molar-refractivity contribution in [3.05, 3.63) is 36.9 Å². The van der Waals surface area contributed by atoms with E-state index in [4.69, 9.17) is 0 Å². The fourth-order valence-electron chi connectivity index (χ4n) is 1.29. The highest BCUT2D eigenvalue weighted by molar-refractivity contribution is 5.48. The first kappa shape index (κ1) is 9.82. The molecule has 0 N–H and O–H groups in total. The van der Waals surface area contributed by atoms with Crippen molar-refractivity contribution < 1.29 is 13.2 Å². The maximum Gasteiger partial charge on any atom is 0.485 e. The molecular formula is C9H8F3N3. The number of aromatic nitrogens is 1. The van der Waals surface area contributed by atoms with Crippen LogP contribution in [-0.4, -0.2) is 22.9 Å². The van der Waals surface area contributed by atoms with Gasteiger partial charge in [0.15, 0.2) is 0 Å². The highest BCUT2D eigenvalue weighted by Gasteiger charge is 2.37. The van der Waals surface area contributed by atoms with Crippen LogP contribution in [0.3, 0.4) is 0 Å². The summed E-state index contributed by atoms with van der Waals surface area (Å²) >= 11 is 0. The van der Waals surface area contributed by atoms with E-state index in [9.17, 15) is 13.2 Å². The van der Waals surface area contributed by atoms with E-state index < -0.39 is 6.30 Å². The maximum absolute atomic E-state index is 12.3. The summed E-state index contributed by atoms with van der Waals surface area (Å²) in [6.45, 7) is -0.215. The van der Waals surface area contributed by atoms with E-state index in [1.807, 2.05) is 0 Å². The lowest BCUT2D eigenvalue weighted by atomic mass is 10.4. The Morgan fingerprint density at radius 2 is 1.80 bits per heavy atom. The molecule has 0 unspecified atom stereocenters. The summed E-state index contributed by atoms with van der Waals surface area (Å²) in [6.07, 6.45) is 1.17. The Bertz CT molecular complexity index is 361. The molecule has 0 amide bonds. The molecule has 0 atom stereocenters. The van der Waals surface area contributed by atoms with E-state index in [1.54, 1.807) is 24.5 Å². The van der Waals surface area contributed by atoms with Gasteiger partial charge < -0.3 is 4.90 Å². The van der Waals surface area contributed by atoms with E-state index in [2.05, 4.69) is 4.98 Å². The molecule has 15 heavy (non-hydrogen) atoms. The minimum Gasteiger partial charge on any atom is -0.328 e. The molecule has 0 fully saturated rings. The van der Waals surface area contributed by atoms with E-state index in [0.717, 1.165) is 6.20 Å². The summed E-state index contributed by atoms with van der Waals surface area (Å²) in [5.41, 5.74) is 0.688. The molecule has 0 saturated heterocycles. The molecule has 0 bridgehead atoms. The van der Waals surface area contributed by atoms with Gasteiger partial charge in [-0.05, 0) is 12.1 Å². The Hall–Kier alpha value is -1.72. The fourth-order valence-corrected chi connectivity index (χ4v) is 1.29. The molecule has 3 nitrogen and oxygen atoms in total. The van der Waals surface area contributed by atoms with E-state index in [-0.39, 0.29) is 6.67 Å². The number of hydrogen-bond donors (Lipinski definition) is 0. The van der Waals surface area contributed by atoms with Gasteiger partial charge in [-0.3, -0.25) is 9.88 Å². The molecule has 2 rings (SSSR count). The molecule has 1 aromatic heterocycles. The first-order valence-corrected chi connectivity index (χ1v) is 4.26. The molecule has 6 heteroatoms. The molecule has 0 spiro atoms. The molecular weight excluding hydrogens is 207 g/mol. The first-order valence-electron chi connectivity index (χ1n) is 4.26. The van der Waals surface area contributed by atoms with Gasteiger partial charge in [0.25, 0.3) is 0 Å². The predicted octanol–water partition coefficient (Wildman–Crippen LogP) is 2.15. The Morgan fingerprint density at radius 3 is 2.33 bits per heavy atom.